The summed E-state index contributed by atoms with van der Waals surface area (Å²) >= 11 is 0. The van der Waals surface area contributed by atoms with Crippen molar-refractivity contribution < 1.29 is 15.0 Å². The molecule has 0 bridgehead atoms. The third-order valence-corrected chi connectivity index (χ3v) is 12.2. The van der Waals surface area contributed by atoms with E-state index in [9.17, 15) is 15.0 Å². The van der Waals surface area contributed by atoms with Gasteiger partial charge in [-0.3, -0.25) is 4.79 Å². The van der Waals surface area contributed by atoms with E-state index in [1.807, 2.05) is 0 Å². The fourth-order valence-corrected chi connectivity index (χ4v) is 8.22. The third-order valence-electron chi connectivity index (χ3n) is 12.2. The Morgan fingerprint density at radius 2 is 0.719 bits per heavy atom. The van der Waals surface area contributed by atoms with Crippen LogP contribution in [0.2, 0.25) is 0 Å². The summed E-state index contributed by atoms with van der Waals surface area (Å²) in [4.78, 5) is 12.4. The number of hydrogen-bond donors (Lipinski definition) is 3. The van der Waals surface area contributed by atoms with Crippen molar-refractivity contribution in [2.45, 2.75) is 302 Å². The molecular formula is C53H103NO3. The lowest BCUT2D eigenvalue weighted by molar-refractivity contribution is -0.123. The van der Waals surface area contributed by atoms with Gasteiger partial charge in [-0.25, -0.2) is 0 Å². The number of carbonyl (C=O) groups excluding carboxylic acids is 1. The lowest BCUT2D eigenvalue weighted by atomic mass is 10.0. The molecule has 2 unspecified atom stereocenters. The minimum atomic E-state index is -0.655. The second-order valence-corrected chi connectivity index (χ2v) is 17.9. The van der Waals surface area contributed by atoms with Crippen LogP contribution in [-0.2, 0) is 4.79 Å². The molecule has 0 saturated heterocycles. The van der Waals surface area contributed by atoms with Gasteiger partial charge in [-0.05, 0) is 44.9 Å². The predicted molar refractivity (Wildman–Crippen MR) is 253 cm³/mol. The topological polar surface area (TPSA) is 69.6 Å². The number of rotatable bonds is 48. The molecule has 1 amide bonds. The number of aliphatic hydroxyl groups is 2. The summed E-state index contributed by atoms with van der Waals surface area (Å²) in [6.07, 6.45) is 64.4. The maximum absolute atomic E-state index is 12.4. The van der Waals surface area contributed by atoms with E-state index in [1.54, 1.807) is 0 Å². The Balaban J connectivity index is 3.38. The third kappa shape index (κ3) is 45.8. The van der Waals surface area contributed by atoms with Gasteiger partial charge in [0.15, 0.2) is 0 Å². The summed E-state index contributed by atoms with van der Waals surface area (Å²) in [5, 5.41) is 23.2. The van der Waals surface area contributed by atoms with Crippen molar-refractivity contribution in [1.29, 1.82) is 0 Å². The van der Waals surface area contributed by atoms with Crippen molar-refractivity contribution in [2.24, 2.45) is 0 Å². The Labute approximate surface area is 358 Å². The molecule has 4 nitrogen and oxygen atoms in total. The van der Waals surface area contributed by atoms with Crippen molar-refractivity contribution >= 4 is 5.91 Å². The van der Waals surface area contributed by atoms with Gasteiger partial charge in [-0.15, -0.1) is 0 Å². The Morgan fingerprint density at radius 1 is 0.421 bits per heavy atom. The molecule has 0 aliphatic carbocycles. The van der Waals surface area contributed by atoms with E-state index in [4.69, 9.17) is 0 Å². The van der Waals surface area contributed by atoms with E-state index in [0.29, 0.717) is 12.8 Å². The van der Waals surface area contributed by atoms with Gasteiger partial charge in [0.25, 0.3) is 0 Å². The first-order chi connectivity index (χ1) is 28.2. The van der Waals surface area contributed by atoms with E-state index in [0.717, 1.165) is 32.1 Å². The van der Waals surface area contributed by atoms with E-state index in [2.05, 4.69) is 43.5 Å². The summed E-state index contributed by atoms with van der Waals surface area (Å²) in [7, 11) is 0. The molecule has 0 rings (SSSR count). The molecule has 0 aromatic heterocycles. The normalized spacial score (nSPS) is 13.0. The zero-order valence-corrected chi connectivity index (χ0v) is 38.9. The molecule has 0 radical (unpaired) electrons. The second-order valence-electron chi connectivity index (χ2n) is 17.9. The van der Waals surface area contributed by atoms with E-state index < -0.39 is 12.1 Å². The molecule has 3 N–H and O–H groups in total. The van der Waals surface area contributed by atoms with Gasteiger partial charge < -0.3 is 15.5 Å². The van der Waals surface area contributed by atoms with Crippen LogP contribution < -0.4 is 5.32 Å². The first-order valence-electron chi connectivity index (χ1n) is 26.0. The Bertz CT molecular complexity index is 825. The van der Waals surface area contributed by atoms with Crippen LogP contribution in [0.1, 0.15) is 290 Å². The highest BCUT2D eigenvalue weighted by atomic mass is 16.3. The summed E-state index contributed by atoms with van der Waals surface area (Å²) in [5.41, 5.74) is 0. The van der Waals surface area contributed by atoms with Gasteiger partial charge in [0.2, 0.25) is 5.91 Å². The Hall–Kier alpha value is -1.13. The van der Waals surface area contributed by atoms with Crippen LogP contribution in [0.4, 0.5) is 0 Å². The van der Waals surface area contributed by atoms with Crippen LogP contribution in [0.15, 0.2) is 24.3 Å². The van der Waals surface area contributed by atoms with Gasteiger partial charge in [0.05, 0.1) is 18.8 Å². The number of hydrogen-bond acceptors (Lipinski definition) is 3. The van der Waals surface area contributed by atoms with Gasteiger partial charge in [0.1, 0.15) is 0 Å². The summed E-state index contributed by atoms with van der Waals surface area (Å²) in [6, 6.07) is -0.532. The van der Waals surface area contributed by atoms with Crippen LogP contribution in [-0.4, -0.2) is 34.9 Å². The fraction of sp³-hybridized carbons (Fsp3) is 0.906. The van der Waals surface area contributed by atoms with Gasteiger partial charge in [-0.1, -0.05) is 263 Å². The van der Waals surface area contributed by atoms with E-state index >= 15 is 0 Å². The quantitative estimate of drug-likeness (QED) is 0.0424. The molecule has 0 aliphatic heterocycles. The van der Waals surface area contributed by atoms with Crippen molar-refractivity contribution in [1.82, 2.24) is 5.32 Å². The highest BCUT2D eigenvalue weighted by molar-refractivity contribution is 5.76. The number of carbonyl (C=O) groups is 1. The molecule has 0 aromatic carbocycles. The molecule has 0 aliphatic rings. The van der Waals surface area contributed by atoms with Gasteiger partial charge in [-0.2, -0.15) is 0 Å². The van der Waals surface area contributed by atoms with Crippen LogP contribution in [0.3, 0.4) is 0 Å². The highest BCUT2D eigenvalue weighted by Crippen LogP contribution is 2.17. The molecule has 0 saturated carbocycles. The lowest BCUT2D eigenvalue weighted by Gasteiger charge is -2.22. The summed E-state index contributed by atoms with van der Waals surface area (Å²) < 4.78 is 0. The number of aliphatic hydroxyl groups excluding tert-OH is 2. The highest BCUT2D eigenvalue weighted by Gasteiger charge is 2.20. The summed E-state index contributed by atoms with van der Waals surface area (Å²) in [5.74, 6) is -0.0273. The van der Waals surface area contributed by atoms with E-state index in [1.165, 1.54) is 231 Å². The van der Waals surface area contributed by atoms with Crippen molar-refractivity contribution in [2.75, 3.05) is 6.61 Å². The van der Waals surface area contributed by atoms with Gasteiger partial charge in [0, 0.05) is 6.42 Å². The smallest absolute Gasteiger partial charge is 0.220 e. The van der Waals surface area contributed by atoms with Crippen molar-refractivity contribution in [3.8, 4) is 0 Å². The molecule has 0 spiro atoms. The second kappa shape index (κ2) is 49.2. The number of amides is 1. The summed E-state index contributed by atoms with van der Waals surface area (Å²) in [6.45, 7) is 4.36. The van der Waals surface area contributed by atoms with E-state index in [-0.39, 0.29) is 12.5 Å². The first-order valence-corrected chi connectivity index (χ1v) is 26.0. The average Bonchev–Trinajstić information content (AvgIpc) is 3.22. The minimum Gasteiger partial charge on any atom is -0.394 e. The Kier molecular flexibility index (Phi) is 48.3. The molecule has 4 heteroatoms. The van der Waals surface area contributed by atoms with Gasteiger partial charge >= 0.3 is 0 Å². The van der Waals surface area contributed by atoms with Crippen LogP contribution in [0.25, 0.3) is 0 Å². The average molecular weight is 802 g/mol. The maximum Gasteiger partial charge on any atom is 0.220 e. The molecule has 2 atom stereocenters. The zero-order chi connectivity index (χ0) is 41.4. The van der Waals surface area contributed by atoms with Crippen LogP contribution in [0.5, 0.6) is 0 Å². The van der Waals surface area contributed by atoms with Crippen molar-refractivity contribution in [3.63, 3.8) is 0 Å². The number of unbranched alkanes of at least 4 members (excludes halogenated alkanes) is 37. The van der Waals surface area contributed by atoms with Crippen LogP contribution in [0, 0.1) is 0 Å². The molecule has 0 aromatic rings. The molecule has 338 valence electrons. The molecular weight excluding hydrogens is 699 g/mol. The predicted octanol–water partition coefficient (Wildman–Crippen LogP) is 16.8. The fourth-order valence-electron chi connectivity index (χ4n) is 8.22. The zero-order valence-electron chi connectivity index (χ0n) is 38.9. The number of allylic oxidation sites excluding steroid dienone is 4. The standard InChI is InChI=1S/C53H103NO3/c1-3-5-7-9-11-13-15-17-18-19-20-21-22-23-24-25-26-27-28-29-30-31-32-33-34-35-36-37-39-41-43-45-47-49-53(57)54-51(50-55)52(56)48-46-44-42-40-38-16-14-12-10-8-6-4-2/h15,17,19-20,51-52,55-56H,3-14,16,18,21-50H2,1-2H3,(H,54,57)/b17-15-,20-19-. The Morgan fingerprint density at radius 3 is 1.05 bits per heavy atom. The van der Waals surface area contributed by atoms with Crippen molar-refractivity contribution in [3.05, 3.63) is 24.3 Å². The number of nitrogens with one attached hydrogen (secondary N) is 1. The molecule has 57 heavy (non-hydrogen) atoms. The minimum absolute atomic E-state index is 0.0273. The largest absolute Gasteiger partial charge is 0.394 e. The maximum atomic E-state index is 12.4. The lowest BCUT2D eigenvalue weighted by Crippen LogP contribution is -2.45. The molecule has 0 heterocycles. The molecule has 0 fully saturated rings. The van der Waals surface area contributed by atoms with Crippen LogP contribution >= 0.6 is 0 Å². The first kappa shape index (κ1) is 55.9. The monoisotopic (exact) mass is 802 g/mol. The SMILES string of the molecule is CCCCCCC/C=C\C/C=C\CCCCCCCCCCCCCCCCCCCCCCCC(=O)NC(CO)C(O)CCCCCCCCCCCCCC.